The van der Waals surface area contributed by atoms with E-state index in [1.165, 1.54) is 36.5 Å². The molecule has 1 aromatic carbocycles. The van der Waals surface area contributed by atoms with Gasteiger partial charge in [0.1, 0.15) is 11.6 Å². The van der Waals surface area contributed by atoms with Crippen LogP contribution < -0.4 is 5.32 Å². The number of aromatic carboxylic acids is 1. The number of carboxylic acids is 1. The molecule has 0 saturated heterocycles. The minimum atomic E-state index is -1.10. The number of halogens is 1. The maximum absolute atomic E-state index is 13.0. The summed E-state index contributed by atoms with van der Waals surface area (Å²) in [5.74, 6) is -1.77. The standard InChI is InChI=1S/C14H11FN2O3/c15-11-3-1-2-9(6-11)7-13(18)17-12-8-10(14(19)20)4-5-16-12/h1-6,8H,7H2,(H,19,20)(H,16,17,18). The molecule has 1 amide bonds. The predicted octanol–water partition coefficient (Wildman–Crippen LogP) is 2.10. The van der Waals surface area contributed by atoms with Crippen LogP contribution in [0.3, 0.4) is 0 Å². The molecule has 0 aliphatic heterocycles. The molecule has 6 heteroatoms. The summed E-state index contributed by atoms with van der Waals surface area (Å²) in [5, 5.41) is 11.3. The number of nitrogens with one attached hydrogen (secondary N) is 1. The van der Waals surface area contributed by atoms with E-state index in [9.17, 15) is 14.0 Å². The number of carbonyl (C=O) groups excluding carboxylic acids is 1. The predicted molar refractivity (Wildman–Crippen MR) is 69.9 cm³/mol. The Bertz CT molecular complexity index is 658. The monoisotopic (exact) mass is 274 g/mol. The second-order valence-electron chi connectivity index (χ2n) is 4.09. The minimum Gasteiger partial charge on any atom is -0.478 e. The lowest BCUT2D eigenvalue weighted by atomic mass is 10.1. The Kier molecular flexibility index (Phi) is 4.05. The summed E-state index contributed by atoms with van der Waals surface area (Å²) in [5.41, 5.74) is 0.554. The zero-order valence-corrected chi connectivity index (χ0v) is 10.3. The van der Waals surface area contributed by atoms with E-state index in [0.29, 0.717) is 5.56 Å². The molecule has 0 aliphatic rings. The number of benzene rings is 1. The Morgan fingerprint density at radius 3 is 2.75 bits per heavy atom. The number of amides is 1. The van der Waals surface area contributed by atoms with Crippen LogP contribution in [0.25, 0.3) is 0 Å². The van der Waals surface area contributed by atoms with Crippen molar-refractivity contribution < 1.29 is 19.1 Å². The second-order valence-corrected chi connectivity index (χ2v) is 4.09. The van der Waals surface area contributed by atoms with Crippen molar-refractivity contribution in [3.05, 3.63) is 59.5 Å². The average molecular weight is 274 g/mol. The quantitative estimate of drug-likeness (QED) is 0.894. The van der Waals surface area contributed by atoms with Crippen LogP contribution in [0.5, 0.6) is 0 Å². The number of carbonyl (C=O) groups is 2. The molecule has 0 aliphatic carbocycles. The summed E-state index contributed by atoms with van der Waals surface area (Å²) < 4.78 is 13.0. The molecule has 0 atom stereocenters. The van der Waals surface area contributed by atoms with Gasteiger partial charge in [0, 0.05) is 6.20 Å². The highest BCUT2D eigenvalue weighted by atomic mass is 19.1. The molecule has 5 nitrogen and oxygen atoms in total. The number of hydrogen-bond donors (Lipinski definition) is 2. The Balaban J connectivity index is 2.04. The van der Waals surface area contributed by atoms with Gasteiger partial charge in [-0.3, -0.25) is 4.79 Å². The van der Waals surface area contributed by atoms with E-state index < -0.39 is 17.7 Å². The summed E-state index contributed by atoms with van der Waals surface area (Å²) >= 11 is 0. The Labute approximate surface area is 114 Å². The van der Waals surface area contributed by atoms with Crippen molar-refractivity contribution in [2.75, 3.05) is 5.32 Å². The fourth-order valence-electron chi connectivity index (χ4n) is 1.65. The molecule has 2 N–H and O–H groups in total. The molecule has 1 heterocycles. The molecule has 0 fully saturated rings. The van der Waals surface area contributed by atoms with Gasteiger partial charge in [-0.25, -0.2) is 14.2 Å². The van der Waals surface area contributed by atoms with E-state index >= 15 is 0 Å². The molecule has 2 rings (SSSR count). The maximum Gasteiger partial charge on any atom is 0.335 e. The third-order valence-electron chi connectivity index (χ3n) is 2.53. The number of nitrogens with zero attached hydrogens (tertiary/aromatic N) is 1. The first-order valence-corrected chi connectivity index (χ1v) is 5.78. The Morgan fingerprint density at radius 2 is 2.05 bits per heavy atom. The molecular formula is C14H11FN2O3. The van der Waals surface area contributed by atoms with Crippen LogP contribution in [0.1, 0.15) is 15.9 Å². The molecule has 0 spiro atoms. The van der Waals surface area contributed by atoms with Gasteiger partial charge in [-0.15, -0.1) is 0 Å². The van der Waals surface area contributed by atoms with Crippen molar-refractivity contribution in [3.8, 4) is 0 Å². The molecule has 1 aromatic heterocycles. The Morgan fingerprint density at radius 1 is 1.25 bits per heavy atom. The van der Waals surface area contributed by atoms with Crippen LogP contribution in [-0.4, -0.2) is 22.0 Å². The highest BCUT2D eigenvalue weighted by molar-refractivity contribution is 5.93. The largest absolute Gasteiger partial charge is 0.478 e. The first-order valence-electron chi connectivity index (χ1n) is 5.78. The number of anilines is 1. The molecule has 0 saturated carbocycles. The van der Waals surface area contributed by atoms with Gasteiger partial charge in [-0.2, -0.15) is 0 Å². The van der Waals surface area contributed by atoms with Gasteiger partial charge in [-0.1, -0.05) is 12.1 Å². The van der Waals surface area contributed by atoms with Gasteiger partial charge in [0.05, 0.1) is 12.0 Å². The topological polar surface area (TPSA) is 79.3 Å². The van der Waals surface area contributed by atoms with Crippen molar-refractivity contribution in [1.29, 1.82) is 0 Å². The lowest BCUT2D eigenvalue weighted by molar-refractivity contribution is -0.115. The van der Waals surface area contributed by atoms with Crippen LogP contribution in [0, 0.1) is 5.82 Å². The van der Waals surface area contributed by atoms with Gasteiger partial charge in [0.15, 0.2) is 0 Å². The van der Waals surface area contributed by atoms with Crippen LogP contribution in [-0.2, 0) is 11.2 Å². The van der Waals surface area contributed by atoms with Crippen LogP contribution in [0.4, 0.5) is 10.2 Å². The number of pyridine rings is 1. The van der Waals surface area contributed by atoms with Gasteiger partial charge in [0.25, 0.3) is 0 Å². The molecule has 2 aromatic rings. The van der Waals surface area contributed by atoms with Crippen molar-refractivity contribution >= 4 is 17.7 Å². The van der Waals surface area contributed by atoms with E-state index in [1.807, 2.05) is 0 Å². The molecule has 102 valence electrons. The van der Waals surface area contributed by atoms with Crippen LogP contribution in [0.15, 0.2) is 42.6 Å². The molecule has 0 bridgehead atoms. The third kappa shape index (κ3) is 3.61. The number of rotatable bonds is 4. The minimum absolute atomic E-state index is 0.0171. The summed E-state index contributed by atoms with van der Waals surface area (Å²) in [6, 6.07) is 8.28. The lowest BCUT2D eigenvalue weighted by Gasteiger charge is -2.05. The number of hydrogen-bond acceptors (Lipinski definition) is 3. The van der Waals surface area contributed by atoms with Crippen molar-refractivity contribution in [1.82, 2.24) is 4.98 Å². The summed E-state index contributed by atoms with van der Waals surface area (Å²) in [6.45, 7) is 0. The van der Waals surface area contributed by atoms with Gasteiger partial charge < -0.3 is 10.4 Å². The second kappa shape index (κ2) is 5.92. The smallest absolute Gasteiger partial charge is 0.335 e. The molecule has 0 radical (unpaired) electrons. The van der Waals surface area contributed by atoms with Gasteiger partial charge >= 0.3 is 5.97 Å². The van der Waals surface area contributed by atoms with E-state index in [0.717, 1.165) is 0 Å². The van der Waals surface area contributed by atoms with Crippen LogP contribution >= 0.6 is 0 Å². The average Bonchev–Trinajstić information content (AvgIpc) is 2.38. The lowest BCUT2D eigenvalue weighted by Crippen LogP contribution is -2.15. The van der Waals surface area contributed by atoms with E-state index in [2.05, 4.69) is 10.3 Å². The first-order chi connectivity index (χ1) is 9.54. The van der Waals surface area contributed by atoms with E-state index in [4.69, 9.17) is 5.11 Å². The SMILES string of the molecule is O=C(Cc1cccc(F)c1)Nc1cc(C(=O)O)ccn1. The highest BCUT2D eigenvalue weighted by Crippen LogP contribution is 2.09. The Hall–Kier alpha value is -2.76. The normalized spacial score (nSPS) is 10.1. The maximum atomic E-state index is 13.0. The summed E-state index contributed by atoms with van der Waals surface area (Å²) in [6.07, 6.45) is 1.28. The fourth-order valence-corrected chi connectivity index (χ4v) is 1.65. The zero-order valence-electron chi connectivity index (χ0n) is 10.3. The van der Waals surface area contributed by atoms with E-state index in [-0.39, 0.29) is 17.8 Å². The van der Waals surface area contributed by atoms with Gasteiger partial charge in [0.2, 0.25) is 5.91 Å². The number of carboxylic acid groups (broad SMARTS) is 1. The summed E-state index contributed by atoms with van der Waals surface area (Å²) in [7, 11) is 0. The molecule has 20 heavy (non-hydrogen) atoms. The van der Waals surface area contributed by atoms with Gasteiger partial charge in [-0.05, 0) is 29.8 Å². The fraction of sp³-hybridized carbons (Fsp3) is 0.0714. The third-order valence-corrected chi connectivity index (χ3v) is 2.53. The molecular weight excluding hydrogens is 263 g/mol. The highest BCUT2D eigenvalue weighted by Gasteiger charge is 2.08. The van der Waals surface area contributed by atoms with Crippen molar-refractivity contribution in [2.45, 2.75) is 6.42 Å². The zero-order chi connectivity index (χ0) is 14.5. The summed E-state index contributed by atoms with van der Waals surface area (Å²) in [4.78, 5) is 26.4. The molecule has 0 unspecified atom stereocenters. The first kappa shape index (κ1) is 13.7. The van der Waals surface area contributed by atoms with Crippen LogP contribution in [0.2, 0.25) is 0 Å². The van der Waals surface area contributed by atoms with Crippen molar-refractivity contribution in [3.63, 3.8) is 0 Å². The van der Waals surface area contributed by atoms with Crippen molar-refractivity contribution in [2.24, 2.45) is 0 Å². The number of aromatic nitrogens is 1. The van der Waals surface area contributed by atoms with E-state index in [1.54, 1.807) is 6.07 Å².